The second kappa shape index (κ2) is 6.03. The van der Waals surface area contributed by atoms with Crippen LogP contribution in [-0.2, 0) is 9.59 Å². The predicted octanol–water partition coefficient (Wildman–Crippen LogP) is 1.39. The van der Waals surface area contributed by atoms with Gasteiger partial charge in [-0.3, -0.25) is 9.59 Å². The quantitative estimate of drug-likeness (QED) is 0.827. The van der Waals surface area contributed by atoms with Crippen molar-refractivity contribution in [2.45, 2.75) is 32.9 Å². The van der Waals surface area contributed by atoms with Crippen LogP contribution in [-0.4, -0.2) is 17.9 Å². The van der Waals surface area contributed by atoms with E-state index in [1.165, 1.54) is 6.92 Å². The second-order valence-corrected chi connectivity index (χ2v) is 4.06. The van der Waals surface area contributed by atoms with Crippen LogP contribution in [0.1, 0.15) is 32.4 Å². The van der Waals surface area contributed by atoms with Crippen molar-refractivity contribution in [1.82, 2.24) is 10.6 Å². The van der Waals surface area contributed by atoms with Gasteiger partial charge in [-0.2, -0.15) is 0 Å². The molecule has 1 aromatic carbocycles. The average molecular weight is 234 g/mol. The van der Waals surface area contributed by atoms with E-state index >= 15 is 0 Å². The highest BCUT2D eigenvalue weighted by atomic mass is 16.2. The summed E-state index contributed by atoms with van der Waals surface area (Å²) < 4.78 is 0. The number of amides is 2. The Morgan fingerprint density at radius 2 is 1.65 bits per heavy atom. The number of rotatable bonds is 4. The van der Waals surface area contributed by atoms with Gasteiger partial charge in [-0.1, -0.05) is 30.3 Å². The zero-order valence-electron chi connectivity index (χ0n) is 10.4. The zero-order chi connectivity index (χ0) is 12.8. The van der Waals surface area contributed by atoms with Crippen LogP contribution in [0.2, 0.25) is 0 Å². The van der Waals surface area contributed by atoms with E-state index in [2.05, 4.69) is 10.6 Å². The van der Waals surface area contributed by atoms with E-state index in [0.717, 1.165) is 5.56 Å². The van der Waals surface area contributed by atoms with E-state index < -0.39 is 6.04 Å². The number of hydrogen-bond acceptors (Lipinski definition) is 2. The molecule has 0 bridgehead atoms. The Hall–Kier alpha value is -1.84. The van der Waals surface area contributed by atoms with Gasteiger partial charge >= 0.3 is 0 Å². The molecular formula is C13H18N2O2. The number of nitrogens with one attached hydrogen (secondary N) is 2. The van der Waals surface area contributed by atoms with Crippen molar-refractivity contribution in [2.24, 2.45) is 0 Å². The first-order valence-corrected chi connectivity index (χ1v) is 5.63. The van der Waals surface area contributed by atoms with Crippen LogP contribution >= 0.6 is 0 Å². The molecule has 2 atom stereocenters. The minimum absolute atomic E-state index is 0.0695. The van der Waals surface area contributed by atoms with Gasteiger partial charge in [0.1, 0.15) is 6.04 Å². The fourth-order valence-electron chi connectivity index (χ4n) is 1.53. The molecule has 17 heavy (non-hydrogen) atoms. The molecule has 1 rings (SSSR count). The van der Waals surface area contributed by atoms with Crippen LogP contribution in [0.5, 0.6) is 0 Å². The van der Waals surface area contributed by atoms with Crippen LogP contribution in [0, 0.1) is 0 Å². The molecule has 4 nitrogen and oxygen atoms in total. The average Bonchev–Trinajstić information content (AvgIpc) is 2.29. The maximum absolute atomic E-state index is 11.7. The van der Waals surface area contributed by atoms with Crippen molar-refractivity contribution >= 4 is 11.8 Å². The molecule has 0 aliphatic carbocycles. The Bertz CT molecular complexity index is 390. The summed E-state index contributed by atoms with van der Waals surface area (Å²) >= 11 is 0. The Morgan fingerprint density at radius 3 is 2.18 bits per heavy atom. The molecule has 0 heterocycles. The van der Waals surface area contributed by atoms with Gasteiger partial charge in [0.05, 0.1) is 6.04 Å². The molecule has 1 aromatic rings. The highest BCUT2D eigenvalue weighted by Crippen LogP contribution is 2.10. The molecule has 0 aliphatic heterocycles. The summed E-state index contributed by atoms with van der Waals surface area (Å²) in [4.78, 5) is 22.6. The van der Waals surface area contributed by atoms with Gasteiger partial charge in [0, 0.05) is 6.92 Å². The van der Waals surface area contributed by atoms with Crippen LogP contribution in [0.15, 0.2) is 30.3 Å². The lowest BCUT2D eigenvalue weighted by Crippen LogP contribution is -2.44. The molecule has 4 heteroatoms. The first-order valence-electron chi connectivity index (χ1n) is 5.63. The van der Waals surface area contributed by atoms with Gasteiger partial charge in [-0.05, 0) is 19.4 Å². The van der Waals surface area contributed by atoms with Crippen molar-refractivity contribution < 1.29 is 9.59 Å². The zero-order valence-corrected chi connectivity index (χ0v) is 10.4. The largest absolute Gasteiger partial charge is 0.348 e. The molecule has 0 aliphatic rings. The smallest absolute Gasteiger partial charge is 0.242 e. The van der Waals surface area contributed by atoms with E-state index in [1.54, 1.807) is 6.92 Å². The van der Waals surface area contributed by atoms with Crippen molar-refractivity contribution in [3.63, 3.8) is 0 Å². The van der Waals surface area contributed by atoms with Crippen LogP contribution in [0.25, 0.3) is 0 Å². The molecule has 0 fully saturated rings. The highest BCUT2D eigenvalue weighted by molar-refractivity contribution is 5.86. The Kier molecular flexibility index (Phi) is 4.69. The number of carbonyl (C=O) groups is 2. The van der Waals surface area contributed by atoms with Crippen molar-refractivity contribution in [2.75, 3.05) is 0 Å². The van der Waals surface area contributed by atoms with E-state index in [1.807, 2.05) is 37.3 Å². The molecule has 0 saturated heterocycles. The van der Waals surface area contributed by atoms with Crippen LogP contribution in [0.4, 0.5) is 0 Å². The summed E-state index contributed by atoms with van der Waals surface area (Å²) in [7, 11) is 0. The van der Waals surface area contributed by atoms with Crippen LogP contribution < -0.4 is 10.6 Å². The van der Waals surface area contributed by atoms with Gasteiger partial charge in [0.2, 0.25) is 11.8 Å². The summed E-state index contributed by atoms with van der Waals surface area (Å²) in [6.07, 6.45) is 0. The summed E-state index contributed by atoms with van der Waals surface area (Å²) in [6, 6.07) is 9.10. The van der Waals surface area contributed by atoms with E-state index in [9.17, 15) is 9.59 Å². The first kappa shape index (κ1) is 13.2. The van der Waals surface area contributed by atoms with E-state index in [4.69, 9.17) is 0 Å². The summed E-state index contributed by atoms with van der Waals surface area (Å²) in [5.41, 5.74) is 1.04. The molecule has 0 aromatic heterocycles. The number of benzene rings is 1. The van der Waals surface area contributed by atoms with Gasteiger partial charge in [-0.15, -0.1) is 0 Å². The number of carbonyl (C=O) groups excluding carboxylic acids is 2. The van der Waals surface area contributed by atoms with Crippen LogP contribution in [0.3, 0.4) is 0 Å². The Labute approximate surface area is 101 Å². The minimum atomic E-state index is -0.515. The third-order valence-corrected chi connectivity index (χ3v) is 2.47. The van der Waals surface area contributed by atoms with Gasteiger partial charge in [-0.25, -0.2) is 0 Å². The monoisotopic (exact) mass is 234 g/mol. The highest BCUT2D eigenvalue weighted by Gasteiger charge is 2.16. The van der Waals surface area contributed by atoms with Gasteiger partial charge < -0.3 is 10.6 Å². The molecule has 2 amide bonds. The second-order valence-electron chi connectivity index (χ2n) is 4.06. The van der Waals surface area contributed by atoms with Crippen molar-refractivity contribution in [1.29, 1.82) is 0 Å². The molecule has 0 radical (unpaired) electrons. The SMILES string of the molecule is CC(=O)N[C@H](C)C(=O)N[C@H](C)c1ccccc1. The predicted molar refractivity (Wildman–Crippen MR) is 66.3 cm³/mol. The fraction of sp³-hybridized carbons (Fsp3) is 0.385. The maximum Gasteiger partial charge on any atom is 0.242 e. The molecular weight excluding hydrogens is 216 g/mol. The fourth-order valence-corrected chi connectivity index (χ4v) is 1.53. The third-order valence-electron chi connectivity index (χ3n) is 2.47. The third kappa shape index (κ3) is 4.26. The van der Waals surface area contributed by atoms with Crippen molar-refractivity contribution in [3.05, 3.63) is 35.9 Å². The minimum Gasteiger partial charge on any atom is -0.348 e. The Morgan fingerprint density at radius 1 is 1.06 bits per heavy atom. The van der Waals surface area contributed by atoms with Gasteiger partial charge in [0.25, 0.3) is 0 Å². The summed E-state index contributed by atoms with van der Waals surface area (Å²) in [5, 5.41) is 5.40. The molecule has 0 saturated carbocycles. The Balaban J connectivity index is 2.54. The lowest BCUT2D eigenvalue weighted by atomic mass is 10.1. The first-order chi connectivity index (χ1) is 8.00. The van der Waals surface area contributed by atoms with E-state index in [0.29, 0.717) is 0 Å². The molecule has 2 N–H and O–H groups in total. The topological polar surface area (TPSA) is 58.2 Å². The lowest BCUT2D eigenvalue weighted by Gasteiger charge is -2.18. The summed E-state index contributed by atoms with van der Waals surface area (Å²) in [5.74, 6) is -0.392. The molecule has 0 spiro atoms. The van der Waals surface area contributed by atoms with Crippen molar-refractivity contribution in [3.8, 4) is 0 Å². The number of hydrogen-bond donors (Lipinski definition) is 2. The summed E-state index contributed by atoms with van der Waals surface area (Å²) in [6.45, 7) is 4.96. The standard InChI is InChI=1S/C13H18N2O2/c1-9(12-7-5-4-6-8-12)15-13(17)10(2)14-11(3)16/h4-10H,1-3H3,(H,14,16)(H,15,17)/t9-,10-/m1/s1. The normalized spacial score (nSPS) is 13.6. The molecule has 0 unspecified atom stereocenters. The van der Waals surface area contributed by atoms with Gasteiger partial charge in [0.15, 0.2) is 0 Å². The lowest BCUT2D eigenvalue weighted by molar-refractivity contribution is -0.128. The maximum atomic E-state index is 11.7. The molecule has 92 valence electrons. The van der Waals surface area contributed by atoms with E-state index in [-0.39, 0.29) is 17.9 Å².